The molecule has 1 aliphatic rings. The third kappa shape index (κ3) is 3.64. The predicted octanol–water partition coefficient (Wildman–Crippen LogP) is 1.92. The summed E-state index contributed by atoms with van der Waals surface area (Å²) in [4.78, 5) is 29.2. The highest BCUT2D eigenvalue weighted by atomic mass is 16.5. The van der Waals surface area contributed by atoms with Crippen molar-refractivity contribution in [2.75, 3.05) is 25.5 Å². The van der Waals surface area contributed by atoms with Gasteiger partial charge in [-0.25, -0.2) is 4.79 Å². The molecule has 4 rings (SSSR count). The molecule has 0 radical (unpaired) electrons. The van der Waals surface area contributed by atoms with E-state index in [1.54, 1.807) is 0 Å². The van der Waals surface area contributed by atoms with E-state index >= 15 is 0 Å². The Labute approximate surface area is 163 Å². The summed E-state index contributed by atoms with van der Waals surface area (Å²) < 4.78 is 4.85. The Morgan fingerprint density at radius 1 is 1.11 bits per heavy atom. The number of aromatic nitrogens is 1. The Morgan fingerprint density at radius 2 is 1.86 bits per heavy atom. The molecule has 1 amide bonds. The maximum absolute atomic E-state index is 12.6. The summed E-state index contributed by atoms with van der Waals surface area (Å²) in [6.07, 6.45) is 1.44. The molecule has 0 saturated heterocycles. The van der Waals surface area contributed by atoms with E-state index in [0.29, 0.717) is 12.1 Å². The summed E-state index contributed by atoms with van der Waals surface area (Å²) >= 11 is 0. The van der Waals surface area contributed by atoms with Crippen molar-refractivity contribution < 1.29 is 19.2 Å². The summed E-state index contributed by atoms with van der Waals surface area (Å²) in [7, 11) is 1.33. The average Bonchev–Trinajstić information content (AvgIpc) is 3.10. The van der Waals surface area contributed by atoms with Crippen molar-refractivity contribution in [2.45, 2.75) is 19.4 Å². The number of nitrogens with one attached hydrogen (secondary N) is 3. The number of rotatable bonds is 5. The number of amides is 1. The van der Waals surface area contributed by atoms with Gasteiger partial charge in [0.05, 0.1) is 32.3 Å². The van der Waals surface area contributed by atoms with Gasteiger partial charge in [-0.2, -0.15) is 0 Å². The van der Waals surface area contributed by atoms with Crippen LogP contribution in [0.2, 0.25) is 0 Å². The lowest BCUT2D eigenvalue weighted by molar-refractivity contribution is -0.915. The zero-order valence-electron chi connectivity index (χ0n) is 15.9. The van der Waals surface area contributed by atoms with Gasteiger partial charge >= 0.3 is 5.97 Å². The highest BCUT2D eigenvalue weighted by molar-refractivity contribution is 6.10. The highest BCUT2D eigenvalue weighted by Crippen LogP contribution is 2.28. The number of H-pyrrole nitrogens is 1. The number of aromatic amines is 1. The van der Waals surface area contributed by atoms with Crippen molar-refractivity contribution in [2.24, 2.45) is 0 Å². The smallest absolute Gasteiger partial charge is 0.356 e. The highest BCUT2D eigenvalue weighted by Gasteiger charge is 2.22. The number of carbonyl (C=O) groups excluding carboxylic acids is 2. The number of carbonyl (C=O) groups is 2. The van der Waals surface area contributed by atoms with E-state index in [1.807, 2.05) is 24.3 Å². The molecule has 0 fully saturated rings. The van der Waals surface area contributed by atoms with Crippen molar-refractivity contribution >= 4 is 28.5 Å². The zero-order chi connectivity index (χ0) is 19.5. The van der Waals surface area contributed by atoms with Crippen LogP contribution in [0.3, 0.4) is 0 Å². The van der Waals surface area contributed by atoms with Crippen LogP contribution in [0.5, 0.6) is 0 Å². The summed E-state index contributed by atoms with van der Waals surface area (Å²) in [5.41, 5.74) is 4.34. The van der Waals surface area contributed by atoms with Crippen molar-refractivity contribution in [3.05, 3.63) is 65.4 Å². The minimum Gasteiger partial charge on any atom is -0.464 e. The fourth-order valence-corrected chi connectivity index (χ4v) is 3.88. The Kier molecular flexibility index (Phi) is 5.12. The molecule has 3 aromatic rings. The molecule has 2 heterocycles. The monoisotopic (exact) mass is 378 g/mol. The predicted molar refractivity (Wildman–Crippen MR) is 107 cm³/mol. The van der Waals surface area contributed by atoms with E-state index in [4.69, 9.17) is 4.74 Å². The molecule has 0 bridgehead atoms. The number of ether oxygens (including phenoxy) is 1. The lowest BCUT2D eigenvalue weighted by Crippen LogP contribution is -3.11. The molecule has 6 heteroatoms. The normalized spacial score (nSPS) is 15.8. The van der Waals surface area contributed by atoms with Crippen LogP contribution in [-0.4, -0.2) is 37.1 Å². The molecule has 28 heavy (non-hydrogen) atoms. The van der Waals surface area contributed by atoms with Crippen LogP contribution in [0.15, 0.2) is 48.5 Å². The van der Waals surface area contributed by atoms with Crippen LogP contribution in [0, 0.1) is 0 Å². The molecule has 3 N–H and O–H groups in total. The first-order chi connectivity index (χ1) is 13.7. The maximum Gasteiger partial charge on any atom is 0.356 e. The van der Waals surface area contributed by atoms with E-state index in [9.17, 15) is 9.59 Å². The number of para-hydroxylation sites is 1. The Balaban J connectivity index is 1.44. The molecule has 1 aromatic heterocycles. The molecule has 0 saturated carbocycles. The van der Waals surface area contributed by atoms with Gasteiger partial charge in [-0.15, -0.1) is 0 Å². The minimum atomic E-state index is -0.496. The molecule has 0 spiro atoms. The number of anilines is 1. The van der Waals surface area contributed by atoms with Crippen molar-refractivity contribution in [1.29, 1.82) is 0 Å². The van der Waals surface area contributed by atoms with E-state index in [-0.39, 0.29) is 11.6 Å². The molecule has 144 valence electrons. The first kappa shape index (κ1) is 18.3. The van der Waals surface area contributed by atoms with Gasteiger partial charge in [0.25, 0.3) is 0 Å². The van der Waals surface area contributed by atoms with Gasteiger partial charge in [0.1, 0.15) is 12.2 Å². The van der Waals surface area contributed by atoms with Crippen LogP contribution < -0.4 is 10.2 Å². The van der Waals surface area contributed by atoms with E-state index in [0.717, 1.165) is 37.0 Å². The first-order valence-electron chi connectivity index (χ1n) is 9.55. The molecule has 2 aromatic carbocycles. The second kappa shape index (κ2) is 7.86. The Bertz CT molecular complexity index is 1020. The summed E-state index contributed by atoms with van der Waals surface area (Å²) in [6, 6.07) is 16.0. The summed E-state index contributed by atoms with van der Waals surface area (Å²) in [5, 5.41) is 3.72. The van der Waals surface area contributed by atoms with E-state index < -0.39 is 5.97 Å². The number of hydrogen-bond donors (Lipinski definition) is 3. The van der Waals surface area contributed by atoms with Crippen molar-refractivity contribution in [3.63, 3.8) is 0 Å². The van der Waals surface area contributed by atoms with Crippen molar-refractivity contribution in [3.8, 4) is 0 Å². The largest absolute Gasteiger partial charge is 0.464 e. The number of methoxy groups -OCH3 is 1. The molecule has 1 aliphatic heterocycles. The Hall–Kier alpha value is -3.12. The third-order valence-corrected chi connectivity index (χ3v) is 5.37. The van der Waals surface area contributed by atoms with Gasteiger partial charge in [-0.3, -0.25) is 4.79 Å². The van der Waals surface area contributed by atoms with Gasteiger partial charge in [0.2, 0.25) is 5.91 Å². The number of esters is 1. The second-order valence-electron chi connectivity index (χ2n) is 7.16. The van der Waals surface area contributed by atoms with Crippen LogP contribution in [0.1, 0.15) is 28.0 Å². The summed E-state index contributed by atoms with van der Waals surface area (Å²) in [5.74, 6) is -0.592. The maximum atomic E-state index is 12.6. The number of fused-ring (bicyclic) bond motifs is 2. The topological polar surface area (TPSA) is 75.6 Å². The van der Waals surface area contributed by atoms with Crippen LogP contribution in [-0.2, 0) is 22.5 Å². The minimum absolute atomic E-state index is 0.0961. The standard InChI is InChI=1S/C22H23N3O3/c1-28-22(27)21-20(17-8-4-5-9-18(17)23-21)24-19(26)11-13-25-12-10-15-6-2-3-7-16(15)14-25/h2-9,23H,10-14H2,1H3,(H,24,26)/p+1. The van der Waals surface area contributed by atoms with E-state index in [2.05, 4.69) is 34.6 Å². The van der Waals surface area contributed by atoms with Gasteiger partial charge < -0.3 is 19.9 Å². The number of hydrogen-bond acceptors (Lipinski definition) is 3. The van der Waals surface area contributed by atoms with Gasteiger partial charge in [0, 0.05) is 22.9 Å². The van der Waals surface area contributed by atoms with Crippen LogP contribution in [0.25, 0.3) is 10.9 Å². The fourth-order valence-electron chi connectivity index (χ4n) is 3.88. The average molecular weight is 378 g/mol. The Morgan fingerprint density at radius 3 is 2.68 bits per heavy atom. The lowest BCUT2D eigenvalue weighted by Gasteiger charge is -2.25. The molecule has 1 atom stereocenters. The molecule has 0 aliphatic carbocycles. The van der Waals surface area contributed by atoms with E-state index in [1.165, 1.54) is 23.1 Å². The fraction of sp³-hybridized carbons (Fsp3) is 0.273. The first-order valence-corrected chi connectivity index (χ1v) is 9.55. The van der Waals surface area contributed by atoms with Gasteiger partial charge in [-0.05, 0) is 11.6 Å². The second-order valence-corrected chi connectivity index (χ2v) is 7.16. The molecular formula is C22H24N3O3+. The van der Waals surface area contributed by atoms with Crippen LogP contribution >= 0.6 is 0 Å². The summed E-state index contributed by atoms with van der Waals surface area (Å²) in [6.45, 7) is 2.74. The zero-order valence-corrected chi connectivity index (χ0v) is 15.9. The van der Waals surface area contributed by atoms with Crippen LogP contribution in [0.4, 0.5) is 5.69 Å². The SMILES string of the molecule is COC(=O)c1[nH]c2ccccc2c1NC(=O)CC[NH+]1CCc2ccccc2C1. The quantitative estimate of drug-likeness (QED) is 0.594. The van der Waals surface area contributed by atoms with Crippen molar-refractivity contribution in [1.82, 2.24) is 4.98 Å². The number of benzene rings is 2. The van der Waals surface area contributed by atoms with Gasteiger partial charge in [-0.1, -0.05) is 42.5 Å². The third-order valence-electron chi connectivity index (χ3n) is 5.37. The van der Waals surface area contributed by atoms with Gasteiger partial charge in [0.15, 0.2) is 0 Å². The molecule has 1 unspecified atom stereocenters. The lowest BCUT2D eigenvalue weighted by atomic mass is 10.00. The molecular weight excluding hydrogens is 354 g/mol. The molecule has 6 nitrogen and oxygen atoms in total. The number of quaternary nitrogens is 1.